The van der Waals surface area contributed by atoms with Gasteiger partial charge in [0.1, 0.15) is 5.82 Å². The van der Waals surface area contributed by atoms with Crippen molar-refractivity contribution in [1.82, 2.24) is 0 Å². The average molecular weight is 229 g/mol. The van der Waals surface area contributed by atoms with Crippen LogP contribution in [0.1, 0.15) is 12.8 Å². The number of anilines is 1. The first-order valence-corrected chi connectivity index (χ1v) is 5.48. The summed E-state index contributed by atoms with van der Waals surface area (Å²) in [6, 6.07) is 4.60. The standard InChI is InChI=1S/C10H12FNO2S/c11-8-6-7(3-4-9(8)12)15-5-1-2-10(13)14/h3-4,6H,1-2,5,12H2,(H,13,14). The number of carboxylic acids is 1. The van der Waals surface area contributed by atoms with Gasteiger partial charge in [-0.05, 0) is 30.4 Å². The highest BCUT2D eigenvalue weighted by Crippen LogP contribution is 2.22. The van der Waals surface area contributed by atoms with Crippen LogP contribution in [-0.2, 0) is 4.79 Å². The van der Waals surface area contributed by atoms with Crippen LogP contribution in [0, 0.1) is 5.82 Å². The number of benzene rings is 1. The van der Waals surface area contributed by atoms with E-state index in [0.717, 1.165) is 4.90 Å². The van der Waals surface area contributed by atoms with E-state index < -0.39 is 11.8 Å². The lowest BCUT2D eigenvalue weighted by atomic mass is 10.3. The van der Waals surface area contributed by atoms with Crippen molar-refractivity contribution in [2.24, 2.45) is 0 Å². The number of thioether (sulfide) groups is 1. The van der Waals surface area contributed by atoms with Crippen LogP contribution in [0.25, 0.3) is 0 Å². The summed E-state index contributed by atoms with van der Waals surface area (Å²) in [7, 11) is 0. The normalized spacial score (nSPS) is 10.2. The predicted octanol–water partition coefficient (Wildman–Crippen LogP) is 2.36. The van der Waals surface area contributed by atoms with Gasteiger partial charge in [-0.25, -0.2) is 4.39 Å². The molecule has 0 saturated heterocycles. The molecule has 82 valence electrons. The molecule has 0 saturated carbocycles. The summed E-state index contributed by atoms with van der Waals surface area (Å²) < 4.78 is 13.0. The number of aliphatic carboxylic acids is 1. The van der Waals surface area contributed by atoms with Crippen molar-refractivity contribution in [3.8, 4) is 0 Å². The van der Waals surface area contributed by atoms with Crippen LogP contribution >= 0.6 is 11.8 Å². The minimum absolute atomic E-state index is 0.130. The van der Waals surface area contributed by atoms with Crippen molar-refractivity contribution in [1.29, 1.82) is 0 Å². The Labute approximate surface area is 91.5 Å². The molecule has 15 heavy (non-hydrogen) atoms. The van der Waals surface area contributed by atoms with Gasteiger partial charge in [0.05, 0.1) is 5.69 Å². The summed E-state index contributed by atoms with van der Waals surface area (Å²) >= 11 is 1.43. The van der Waals surface area contributed by atoms with Crippen molar-refractivity contribution in [3.05, 3.63) is 24.0 Å². The maximum absolute atomic E-state index is 13.0. The minimum Gasteiger partial charge on any atom is -0.481 e. The smallest absolute Gasteiger partial charge is 0.303 e. The van der Waals surface area contributed by atoms with Crippen molar-refractivity contribution in [2.45, 2.75) is 17.7 Å². The number of halogens is 1. The second-order valence-corrected chi connectivity index (χ2v) is 4.20. The fourth-order valence-corrected chi connectivity index (χ4v) is 1.89. The van der Waals surface area contributed by atoms with Gasteiger partial charge in [0.25, 0.3) is 0 Å². The second-order valence-electron chi connectivity index (χ2n) is 3.03. The maximum atomic E-state index is 13.0. The third kappa shape index (κ3) is 4.20. The molecule has 0 spiro atoms. The quantitative estimate of drug-likeness (QED) is 0.462. The van der Waals surface area contributed by atoms with Crippen molar-refractivity contribution in [2.75, 3.05) is 11.5 Å². The summed E-state index contributed by atoms with van der Waals surface area (Å²) in [5, 5.41) is 8.41. The molecule has 0 amide bonds. The molecule has 1 aromatic rings. The van der Waals surface area contributed by atoms with Crippen molar-refractivity contribution < 1.29 is 14.3 Å². The van der Waals surface area contributed by atoms with Crippen molar-refractivity contribution in [3.63, 3.8) is 0 Å². The van der Waals surface area contributed by atoms with Crippen LogP contribution in [0.5, 0.6) is 0 Å². The van der Waals surface area contributed by atoms with Gasteiger partial charge >= 0.3 is 5.97 Å². The van der Waals surface area contributed by atoms with E-state index in [1.165, 1.54) is 23.9 Å². The molecule has 0 fully saturated rings. The van der Waals surface area contributed by atoms with E-state index in [9.17, 15) is 9.18 Å². The number of hydrogen-bond acceptors (Lipinski definition) is 3. The zero-order valence-electron chi connectivity index (χ0n) is 8.07. The summed E-state index contributed by atoms with van der Waals surface area (Å²) in [6.45, 7) is 0. The van der Waals surface area contributed by atoms with E-state index in [1.54, 1.807) is 6.07 Å². The largest absolute Gasteiger partial charge is 0.481 e. The number of nitrogens with two attached hydrogens (primary N) is 1. The number of carbonyl (C=O) groups is 1. The predicted molar refractivity (Wildman–Crippen MR) is 58.4 cm³/mol. The lowest BCUT2D eigenvalue weighted by Crippen LogP contribution is -1.95. The summed E-state index contributed by atoms with van der Waals surface area (Å²) in [5.41, 5.74) is 5.45. The second kappa shape index (κ2) is 5.60. The first kappa shape index (κ1) is 11.8. The van der Waals surface area contributed by atoms with E-state index in [0.29, 0.717) is 12.2 Å². The third-order valence-corrected chi connectivity index (χ3v) is 2.86. The Morgan fingerprint density at radius 3 is 2.87 bits per heavy atom. The average Bonchev–Trinajstić information content (AvgIpc) is 2.18. The van der Waals surface area contributed by atoms with Crippen LogP contribution in [0.15, 0.2) is 23.1 Å². The Bertz CT molecular complexity index is 357. The first-order chi connectivity index (χ1) is 7.09. The molecule has 0 radical (unpaired) electrons. The molecule has 0 aliphatic carbocycles. The lowest BCUT2D eigenvalue weighted by molar-refractivity contribution is -0.137. The topological polar surface area (TPSA) is 63.3 Å². The monoisotopic (exact) mass is 229 g/mol. The van der Waals surface area contributed by atoms with Gasteiger partial charge in [-0.15, -0.1) is 11.8 Å². The highest BCUT2D eigenvalue weighted by Gasteiger charge is 2.01. The summed E-state index contributed by atoms with van der Waals surface area (Å²) in [6.07, 6.45) is 0.719. The Morgan fingerprint density at radius 1 is 1.53 bits per heavy atom. The van der Waals surface area contributed by atoms with Crippen LogP contribution in [0.4, 0.5) is 10.1 Å². The van der Waals surface area contributed by atoms with E-state index in [4.69, 9.17) is 10.8 Å². The Hall–Kier alpha value is -1.23. The first-order valence-electron chi connectivity index (χ1n) is 4.49. The van der Waals surface area contributed by atoms with Crippen LogP contribution in [-0.4, -0.2) is 16.8 Å². The molecular weight excluding hydrogens is 217 g/mol. The van der Waals surface area contributed by atoms with E-state index >= 15 is 0 Å². The lowest BCUT2D eigenvalue weighted by Gasteiger charge is -2.02. The summed E-state index contributed by atoms with van der Waals surface area (Å²) in [4.78, 5) is 11.0. The van der Waals surface area contributed by atoms with Gasteiger partial charge < -0.3 is 10.8 Å². The highest BCUT2D eigenvalue weighted by molar-refractivity contribution is 7.99. The van der Waals surface area contributed by atoms with E-state index in [1.807, 2.05) is 0 Å². The van der Waals surface area contributed by atoms with E-state index in [2.05, 4.69) is 0 Å². The van der Waals surface area contributed by atoms with Crippen LogP contribution < -0.4 is 5.73 Å². The van der Waals surface area contributed by atoms with Gasteiger partial charge in [-0.1, -0.05) is 0 Å². The Balaban J connectivity index is 2.38. The van der Waals surface area contributed by atoms with Gasteiger partial charge in [-0.2, -0.15) is 0 Å². The SMILES string of the molecule is Nc1ccc(SCCCC(=O)O)cc1F. The molecule has 0 unspecified atom stereocenters. The molecule has 0 heterocycles. The minimum atomic E-state index is -0.806. The number of hydrogen-bond donors (Lipinski definition) is 2. The maximum Gasteiger partial charge on any atom is 0.303 e. The molecule has 0 aliphatic rings. The molecule has 1 aromatic carbocycles. The molecule has 5 heteroatoms. The zero-order chi connectivity index (χ0) is 11.3. The molecule has 3 nitrogen and oxygen atoms in total. The highest BCUT2D eigenvalue weighted by atomic mass is 32.2. The molecule has 0 atom stereocenters. The number of carboxylic acid groups (broad SMARTS) is 1. The molecule has 1 rings (SSSR count). The van der Waals surface area contributed by atoms with Gasteiger partial charge in [0, 0.05) is 11.3 Å². The molecular formula is C10H12FNO2S. The molecule has 0 aromatic heterocycles. The van der Waals surface area contributed by atoms with Gasteiger partial charge in [0.15, 0.2) is 0 Å². The van der Waals surface area contributed by atoms with E-state index in [-0.39, 0.29) is 12.1 Å². The number of rotatable bonds is 5. The zero-order valence-corrected chi connectivity index (χ0v) is 8.89. The molecule has 0 aliphatic heterocycles. The van der Waals surface area contributed by atoms with Crippen LogP contribution in [0.2, 0.25) is 0 Å². The molecule has 3 N–H and O–H groups in total. The third-order valence-electron chi connectivity index (χ3n) is 1.78. The van der Waals surface area contributed by atoms with Crippen molar-refractivity contribution >= 4 is 23.4 Å². The fraction of sp³-hybridized carbons (Fsp3) is 0.300. The molecule has 0 bridgehead atoms. The van der Waals surface area contributed by atoms with Gasteiger partial charge in [-0.3, -0.25) is 4.79 Å². The summed E-state index contributed by atoms with van der Waals surface area (Å²) in [5.74, 6) is -0.576. The Morgan fingerprint density at radius 2 is 2.27 bits per heavy atom. The van der Waals surface area contributed by atoms with Gasteiger partial charge in [0.2, 0.25) is 0 Å². The van der Waals surface area contributed by atoms with Crippen LogP contribution in [0.3, 0.4) is 0 Å². The fourth-order valence-electron chi connectivity index (χ4n) is 1.01. The Kier molecular flexibility index (Phi) is 4.42. The number of nitrogen functional groups attached to an aromatic ring is 1.